The van der Waals surface area contributed by atoms with Gasteiger partial charge >= 0.3 is 0 Å². The Bertz CT molecular complexity index is 463. The largest absolute Gasteiger partial charge is 0.399 e. The molecule has 0 atom stereocenters. The Morgan fingerprint density at radius 2 is 2.00 bits per heavy atom. The zero-order valence-corrected chi connectivity index (χ0v) is 9.34. The number of nitrogens with two attached hydrogens (primary N) is 1. The van der Waals surface area contributed by atoms with Crippen LogP contribution in [-0.2, 0) is 0 Å². The second kappa shape index (κ2) is 4.22. The molecule has 2 N–H and O–H groups in total. The van der Waals surface area contributed by atoms with E-state index < -0.39 is 0 Å². The van der Waals surface area contributed by atoms with Crippen molar-refractivity contribution >= 4 is 11.6 Å². The van der Waals surface area contributed by atoms with Gasteiger partial charge in [-0.25, -0.2) is 0 Å². The molecule has 0 spiro atoms. The molecule has 1 aromatic carbocycles. The minimum Gasteiger partial charge on any atom is -0.399 e. The molecule has 1 heterocycles. The predicted molar refractivity (Wildman–Crippen MR) is 63.1 cm³/mol. The van der Waals surface area contributed by atoms with Crippen LogP contribution in [-0.4, -0.2) is 23.7 Å². The molecule has 0 saturated carbocycles. The molecular formula is C11H14N4O. The average Bonchev–Trinajstić information content (AvgIpc) is 2.78. The van der Waals surface area contributed by atoms with Crippen LogP contribution < -0.4 is 10.6 Å². The van der Waals surface area contributed by atoms with E-state index in [-0.39, 0.29) is 0 Å². The van der Waals surface area contributed by atoms with E-state index in [1.54, 1.807) is 0 Å². The molecule has 0 aliphatic rings. The van der Waals surface area contributed by atoms with Crippen molar-refractivity contribution < 1.29 is 4.52 Å². The summed E-state index contributed by atoms with van der Waals surface area (Å²) in [5, 5.41) is 3.89. The number of anilines is 2. The normalized spacial score (nSPS) is 10.4. The molecule has 16 heavy (non-hydrogen) atoms. The Morgan fingerprint density at radius 1 is 1.31 bits per heavy atom. The fourth-order valence-electron chi connectivity index (χ4n) is 1.26. The van der Waals surface area contributed by atoms with Gasteiger partial charge in [-0.3, -0.25) is 0 Å². The zero-order valence-electron chi connectivity index (χ0n) is 9.34. The van der Waals surface area contributed by atoms with Crippen molar-refractivity contribution in [2.75, 3.05) is 24.2 Å². The average molecular weight is 218 g/mol. The standard InChI is InChI=1S/C11H14N4O/c1-3-15(2)11-13-10(16-14-11)8-4-6-9(12)7-5-8/h4-7H,3,12H2,1-2H3. The first-order valence-electron chi connectivity index (χ1n) is 5.11. The minimum atomic E-state index is 0.510. The third kappa shape index (κ3) is 1.98. The predicted octanol–water partition coefficient (Wildman–Crippen LogP) is 1.77. The van der Waals surface area contributed by atoms with Crippen LogP contribution in [0.4, 0.5) is 11.6 Å². The molecule has 2 rings (SSSR count). The van der Waals surface area contributed by atoms with Crippen LogP contribution in [0, 0.1) is 0 Å². The van der Waals surface area contributed by atoms with Crippen LogP contribution >= 0.6 is 0 Å². The molecule has 0 fully saturated rings. The number of hydrogen-bond donors (Lipinski definition) is 1. The van der Waals surface area contributed by atoms with E-state index in [2.05, 4.69) is 10.1 Å². The van der Waals surface area contributed by atoms with E-state index >= 15 is 0 Å². The second-order valence-electron chi connectivity index (χ2n) is 3.54. The lowest BCUT2D eigenvalue weighted by Gasteiger charge is -2.08. The highest BCUT2D eigenvalue weighted by Crippen LogP contribution is 2.20. The van der Waals surface area contributed by atoms with E-state index in [0.29, 0.717) is 17.5 Å². The van der Waals surface area contributed by atoms with Crippen molar-refractivity contribution in [1.82, 2.24) is 10.1 Å². The van der Waals surface area contributed by atoms with E-state index in [1.807, 2.05) is 43.1 Å². The zero-order chi connectivity index (χ0) is 11.5. The fourth-order valence-corrected chi connectivity index (χ4v) is 1.26. The number of benzene rings is 1. The summed E-state index contributed by atoms with van der Waals surface area (Å²) in [6, 6.07) is 7.34. The summed E-state index contributed by atoms with van der Waals surface area (Å²) in [5.74, 6) is 1.10. The topological polar surface area (TPSA) is 68.2 Å². The van der Waals surface area contributed by atoms with Gasteiger partial charge in [0.05, 0.1) is 0 Å². The number of aromatic nitrogens is 2. The lowest BCUT2D eigenvalue weighted by Crippen LogP contribution is -2.16. The molecule has 0 unspecified atom stereocenters. The van der Waals surface area contributed by atoms with Gasteiger partial charge in [-0.2, -0.15) is 4.98 Å². The van der Waals surface area contributed by atoms with Gasteiger partial charge in [-0.1, -0.05) is 0 Å². The molecule has 0 amide bonds. The van der Waals surface area contributed by atoms with Crippen molar-refractivity contribution in [3.05, 3.63) is 24.3 Å². The smallest absolute Gasteiger partial charge is 0.266 e. The monoisotopic (exact) mass is 218 g/mol. The molecule has 0 bridgehead atoms. The van der Waals surface area contributed by atoms with Gasteiger partial charge in [-0.05, 0) is 36.3 Å². The van der Waals surface area contributed by atoms with Crippen LogP contribution in [0.3, 0.4) is 0 Å². The maximum Gasteiger partial charge on any atom is 0.266 e. The van der Waals surface area contributed by atoms with Gasteiger partial charge in [0.15, 0.2) is 0 Å². The van der Waals surface area contributed by atoms with Gasteiger partial charge in [0.25, 0.3) is 11.8 Å². The fraction of sp³-hybridized carbons (Fsp3) is 0.273. The highest BCUT2D eigenvalue weighted by Gasteiger charge is 2.10. The lowest BCUT2D eigenvalue weighted by molar-refractivity contribution is 0.430. The van der Waals surface area contributed by atoms with Crippen molar-refractivity contribution in [1.29, 1.82) is 0 Å². The first kappa shape index (κ1) is 10.5. The van der Waals surface area contributed by atoms with E-state index in [4.69, 9.17) is 10.3 Å². The number of nitrogens with zero attached hydrogens (tertiary/aromatic N) is 3. The van der Waals surface area contributed by atoms with Crippen LogP contribution in [0.2, 0.25) is 0 Å². The SMILES string of the molecule is CCN(C)c1noc(-c2ccc(N)cc2)n1. The van der Waals surface area contributed by atoms with Crippen LogP contribution in [0.15, 0.2) is 28.8 Å². The Hall–Kier alpha value is -2.04. The number of hydrogen-bond acceptors (Lipinski definition) is 5. The maximum atomic E-state index is 5.60. The number of nitrogen functional groups attached to an aromatic ring is 1. The third-order valence-corrected chi connectivity index (χ3v) is 2.39. The van der Waals surface area contributed by atoms with Crippen LogP contribution in [0.1, 0.15) is 6.92 Å². The molecule has 2 aromatic rings. The summed E-state index contributed by atoms with van der Waals surface area (Å²) in [4.78, 5) is 6.20. The number of rotatable bonds is 3. The molecule has 1 aromatic heterocycles. The van der Waals surface area contributed by atoms with Gasteiger partial charge in [0, 0.05) is 24.8 Å². The molecule has 0 saturated heterocycles. The van der Waals surface area contributed by atoms with Crippen molar-refractivity contribution in [2.24, 2.45) is 0 Å². The first-order valence-corrected chi connectivity index (χ1v) is 5.11. The Kier molecular flexibility index (Phi) is 2.76. The maximum absolute atomic E-state index is 5.60. The van der Waals surface area contributed by atoms with Crippen molar-refractivity contribution in [3.63, 3.8) is 0 Å². The minimum absolute atomic E-state index is 0.510. The summed E-state index contributed by atoms with van der Waals surface area (Å²) in [6.07, 6.45) is 0. The van der Waals surface area contributed by atoms with E-state index in [0.717, 1.165) is 12.1 Å². The second-order valence-corrected chi connectivity index (χ2v) is 3.54. The Morgan fingerprint density at radius 3 is 2.62 bits per heavy atom. The summed E-state index contributed by atoms with van der Waals surface area (Å²) < 4.78 is 5.17. The molecule has 5 heteroatoms. The Labute approximate surface area is 93.9 Å². The Balaban J connectivity index is 2.28. The third-order valence-electron chi connectivity index (χ3n) is 2.39. The lowest BCUT2D eigenvalue weighted by atomic mass is 10.2. The van der Waals surface area contributed by atoms with Crippen LogP contribution in [0.25, 0.3) is 11.5 Å². The summed E-state index contributed by atoms with van der Waals surface area (Å²) in [6.45, 7) is 2.86. The van der Waals surface area contributed by atoms with Gasteiger partial charge < -0.3 is 15.2 Å². The van der Waals surface area contributed by atoms with E-state index in [1.165, 1.54) is 0 Å². The summed E-state index contributed by atoms with van der Waals surface area (Å²) in [7, 11) is 1.91. The molecule has 0 radical (unpaired) electrons. The van der Waals surface area contributed by atoms with Crippen molar-refractivity contribution in [3.8, 4) is 11.5 Å². The molecule has 0 aliphatic carbocycles. The quantitative estimate of drug-likeness (QED) is 0.795. The highest BCUT2D eigenvalue weighted by molar-refractivity contribution is 5.58. The van der Waals surface area contributed by atoms with Gasteiger partial charge in [0.1, 0.15) is 0 Å². The molecule has 5 nitrogen and oxygen atoms in total. The van der Waals surface area contributed by atoms with E-state index in [9.17, 15) is 0 Å². The first-order chi connectivity index (χ1) is 7.70. The van der Waals surface area contributed by atoms with Gasteiger partial charge in [-0.15, -0.1) is 0 Å². The molecule has 84 valence electrons. The summed E-state index contributed by atoms with van der Waals surface area (Å²) >= 11 is 0. The van der Waals surface area contributed by atoms with Crippen molar-refractivity contribution in [2.45, 2.75) is 6.92 Å². The molecular weight excluding hydrogens is 204 g/mol. The van der Waals surface area contributed by atoms with Crippen LogP contribution in [0.5, 0.6) is 0 Å². The highest BCUT2D eigenvalue weighted by atomic mass is 16.5. The van der Waals surface area contributed by atoms with Gasteiger partial charge in [0.2, 0.25) is 0 Å². The molecule has 0 aliphatic heterocycles. The summed E-state index contributed by atoms with van der Waals surface area (Å²) in [5.41, 5.74) is 7.19.